The number of benzene rings is 1. The first-order valence-corrected chi connectivity index (χ1v) is 6.14. The average molecular weight is 272 g/mol. The minimum absolute atomic E-state index is 0.153. The summed E-state index contributed by atoms with van der Waals surface area (Å²) in [7, 11) is 3.13. The highest BCUT2D eigenvalue weighted by Crippen LogP contribution is 2.12. The number of methoxy groups -OCH3 is 2. The van der Waals surface area contributed by atoms with E-state index in [2.05, 4.69) is 10.3 Å². The number of hydrogen-bond donors (Lipinski definition) is 1. The predicted molar refractivity (Wildman–Crippen MR) is 75.0 cm³/mol. The van der Waals surface area contributed by atoms with Crippen LogP contribution >= 0.6 is 0 Å². The molecule has 0 fully saturated rings. The van der Waals surface area contributed by atoms with Crippen LogP contribution in [0.15, 0.2) is 42.6 Å². The zero-order valence-electron chi connectivity index (χ0n) is 11.4. The summed E-state index contributed by atoms with van der Waals surface area (Å²) >= 11 is 0. The maximum absolute atomic E-state index is 12.0. The monoisotopic (exact) mass is 272 g/mol. The van der Waals surface area contributed by atoms with Gasteiger partial charge in [0.2, 0.25) is 5.88 Å². The molecule has 0 aliphatic rings. The van der Waals surface area contributed by atoms with Crippen molar-refractivity contribution >= 4 is 5.91 Å². The molecule has 0 aliphatic heterocycles. The molecule has 5 nitrogen and oxygen atoms in total. The van der Waals surface area contributed by atoms with E-state index in [1.54, 1.807) is 50.7 Å². The SMILES string of the molecule is COc1cccc(C(=O)NCc2ccc(OC)nc2)c1. The molecule has 1 amide bonds. The number of amides is 1. The Morgan fingerprint density at radius 3 is 2.70 bits per heavy atom. The minimum Gasteiger partial charge on any atom is -0.497 e. The van der Waals surface area contributed by atoms with E-state index in [1.807, 2.05) is 6.07 Å². The quantitative estimate of drug-likeness (QED) is 0.904. The zero-order chi connectivity index (χ0) is 14.4. The van der Waals surface area contributed by atoms with Crippen LogP contribution in [-0.2, 0) is 6.54 Å². The topological polar surface area (TPSA) is 60.5 Å². The summed E-state index contributed by atoms with van der Waals surface area (Å²) in [5.74, 6) is 1.05. The van der Waals surface area contributed by atoms with Crippen LogP contribution in [0.2, 0.25) is 0 Å². The Labute approximate surface area is 117 Å². The predicted octanol–water partition coefficient (Wildman–Crippen LogP) is 2.03. The molecule has 0 saturated heterocycles. The second-order valence-electron chi connectivity index (χ2n) is 4.12. The highest BCUT2D eigenvalue weighted by molar-refractivity contribution is 5.94. The summed E-state index contributed by atoms with van der Waals surface area (Å²) in [5.41, 5.74) is 1.47. The molecule has 1 N–H and O–H groups in total. The lowest BCUT2D eigenvalue weighted by atomic mass is 10.2. The molecule has 2 aromatic rings. The molecule has 0 spiro atoms. The van der Waals surface area contributed by atoms with Gasteiger partial charge in [0.05, 0.1) is 14.2 Å². The van der Waals surface area contributed by atoms with Crippen molar-refractivity contribution in [3.8, 4) is 11.6 Å². The van der Waals surface area contributed by atoms with E-state index >= 15 is 0 Å². The normalized spacial score (nSPS) is 9.90. The number of aromatic nitrogens is 1. The van der Waals surface area contributed by atoms with Gasteiger partial charge in [0.25, 0.3) is 5.91 Å². The Bertz CT molecular complexity index is 582. The molecule has 0 radical (unpaired) electrons. The van der Waals surface area contributed by atoms with Crippen LogP contribution in [0, 0.1) is 0 Å². The molecule has 1 aromatic heterocycles. The molecule has 0 aliphatic carbocycles. The van der Waals surface area contributed by atoms with Crippen LogP contribution in [-0.4, -0.2) is 25.1 Å². The third kappa shape index (κ3) is 3.47. The van der Waals surface area contributed by atoms with E-state index in [1.165, 1.54) is 0 Å². The summed E-state index contributed by atoms with van der Waals surface area (Å²) in [6, 6.07) is 10.6. The molecule has 0 unspecified atom stereocenters. The van der Waals surface area contributed by atoms with Gasteiger partial charge in [0.15, 0.2) is 0 Å². The van der Waals surface area contributed by atoms with Gasteiger partial charge in [-0.3, -0.25) is 4.79 Å². The summed E-state index contributed by atoms with van der Waals surface area (Å²) in [5, 5.41) is 2.83. The molecule has 20 heavy (non-hydrogen) atoms. The first kappa shape index (κ1) is 13.9. The number of rotatable bonds is 5. The van der Waals surface area contributed by atoms with Crippen LogP contribution in [0.25, 0.3) is 0 Å². The number of carbonyl (C=O) groups is 1. The molecule has 0 bridgehead atoms. The first-order valence-electron chi connectivity index (χ1n) is 6.14. The second-order valence-corrected chi connectivity index (χ2v) is 4.12. The number of nitrogens with zero attached hydrogens (tertiary/aromatic N) is 1. The smallest absolute Gasteiger partial charge is 0.251 e. The lowest BCUT2D eigenvalue weighted by Crippen LogP contribution is -2.22. The maximum Gasteiger partial charge on any atom is 0.251 e. The van der Waals surface area contributed by atoms with Crippen LogP contribution in [0.4, 0.5) is 0 Å². The van der Waals surface area contributed by atoms with Gasteiger partial charge in [-0.2, -0.15) is 0 Å². The molecule has 0 atom stereocenters. The van der Waals surface area contributed by atoms with Gasteiger partial charge in [0, 0.05) is 24.4 Å². The van der Waals surface area contributed by atoms with Crippen molar-refractivity contribution in [1.82, 2.24) is 10.3 Å². The van der Waals surface area contributed by atoms with Gasteiger partial charge in [-0.15, -0.1) is 0 Å². The molecule has 2 rings (SSSR count). The molecule has 0 saturated carbocycles. The van der Waals surface area contributed by atoms with E-state index in [0.717, 1.165) is 5.56 Å². The molecule has 1 heterocycles. The van der Waals surface area contributed by atoms with Gasteiger partial charge < -0.3 is 14.8 Å². The van der Waals surface area contributed by atoms with Crippen molar-refractivity contribution in [2.24, 2.45) is 0 Å². The standard InChI is InChI=1S/C15H16N2O3/c1-19-13-5-3-4-12(8-13)15(18)17-10-11-6-7-14(20-2)16-9-11/h3-9H,10H2,1-2H3,(H,17,18). The Morgan fingerprint density at radius 1 is 1.20 bits per heavy atom. The van der Waals surface area contributed by atoms with Crippen molar-refractivity contribution in [2.75, 3.05) is 14.2 Å². The van der Waals surface area contributed by atoms with E-state index in [0.29, 0.717) is 23.7 Å². The van der Waals surface area contributed by atoms with E-state index in [4.69, 9.17) is 9.47 Å². The molecular formula is C15H16N2O3. The van der Waals surface area contributed by atoms with Gasteiger partial charge in [0.1, 0.15) is 5.75 Å². The van der Waals surface area contributed by atoms with Crippen LogP contribution in [0.5, 0.6) is 11.6 Å². The molecule has 104 valence electrons. The van der Waals surface area contributed by atoms with Crippen molar-refractivity contribution in [1.29, 1.82) is 0 Å². The molecule has 1 aromatic carbocycles. The average Bonchev–Trinajstić information content (AvgIpc) is 2.53. The molecular weight excluding hydrogens is 256 g/mol. The zero-order valence-corrected chi connectivity index (χ0v) is 11.4. The van der Waals surface area contributed by atoms with E-state index < -0.39 is 0 Å². The van der Waals surface area contributed by atoms with E-state index in [9.17, 15) is 4.79 Å². The van der Waals surface area contributed by atoms with Crippen LogP contribution in [0.3, 0.4) is 0 Å². The number of nitrogens with one attached hydrogen (secondary N) is 1. The Hall–Kier alpha value is -2.56. The largest absolute Gasteiger partial charge is 0.497 e. The highest BCUT2D eigenvalue weighted by Gasteiger charge is 2.06. The fourth-order valence-corrected chi connectivity index (χ4v) is 1.68. The van der Waals surface area contributed by atoms with Crippen molar-refractivity contribution in [3.05, 3.63) is 53.7 Å². The summed E-state index contributed by atoms with van der Waals surface area (Å²) < 4.78 is 10.1. The van der Waals surface area contributed by atoms with Gasteiger partial charge in [-0.1, -0.05) is 12.1 Å². The third-order valence-electron chi connectivity index (χ3n) is 2.79. The first-order chi connectivity index (χ1) is 9.72. The van der Waals surface area contributed by atoms with Gasteiger partial charge in [-0.05, 0) is 23.8 Å². The van der Waals surface area contributed by atoms with Crippen LogP contribution < -0.4 is 14.8 Å². The lowest BCUT2D eigenvalue weighted by molar-refractivity contribution is 0.0950. The third-order valence-corrected chi connectivity index (χ3v) is 2.79. The fourth-order valence-electron chi connectivity index (χ4n) is 1.68. The van der Waals surface area contributed by atoms with Crippen molar-refractivity contribution in [3.63, 3.8) is 0 Å². The highest BCUT2D eigenvalue weighted by atomic mass is 16.5. The number of hydrogen-bond acceptors (Lipinski definition) is 4. The van der Waals surface area contributed by atoms with E-state index in [-0.39, 0.29) is 5.91 Å². The fraction of sp³-hybridized carbons (Fsp3) is 0.200. The summed E-state index contributed by atoms with van der Waals surface area (Å²) in [6.45, 7) is 0.410. The van der Waals surface area contributed by atoms with Crippen molar-refractivity contribution in [2.45, 2.75) is 6.54 Å². The summed E-state index contributed by atoms with van der Waals surface area (Å²) in [6.07, 6.45) is 1.67. The Kier molecular flexibility index (Phi) is 4.55. The van der Waals surface area contributed by atoms with Gasteiger partial charge >= 0.3 is 0 Å². The maximum atomic E-state index is 12.0. The molecule has 5 heteroatoms. The number of ether oxygens (including phenoxy) is 2. The van der Waals surface area contributed by atoms with Crippen LogP contribution in [0.1, 0.15) is 15.9 Å². The van der Waals surface area contributed by atoms with Crippen molar-refractivity contribution < 1.29 is 14.3 Å². The van der Waals surface area contributed by atoms with Gasteiger partial charge in [-0.25, -0.2) is 4.98 Å². The lowest BCUT2D eigenvalue weighted by Gasteiger charge is -2.07. The Balaban J connectivity index is 1.97. The second kappa shape index (κ2) is 6.56. The summed E-state index contributed by atoms with van der Waals surface area (Å²) in [4.78, 5) is 16.1. The number of pyridine rings is 1. The Morgan fingerprint density at radius 2 is 2.05 bits per heavy atom. The minimum atomic E-state index is -0.153. The number of carbonyl (C=O) groups excluding carboxylic acids is 1.